The SMILES string of the molecule is Cl.NC(=NCc1ccc(C(F)(F)F)cc1)N=C(N)N1CCCCC1. The number of halogens is 4. The van der Waals surface area contributed by atoms with Crippen molar-refractivity contribution in [1.82, 2.24) is 4.90 Å². The van der Waals surface area contributed by atoms with Gasteiger partial charge in [-0.3, -0.25) is 0 Å². The molecule has 1 aliphatic heterocycles. The van der Waals surface area contributed by atoms with Crippen molar-refractivity contribution in [3.8, 4) is 0 Å². The van der Waals surface area contributed by atoms with Crippen LogP contribution in [-0.2, 0) is 12.7 Å². The van der Waals surface area contributed by atoms with Gasteiger partial charge < -0.3 is 16.4 Å². The summed E-state index contributed by atoms with van der Waals surface area (Å²) in [5.41, 5.74) is 11.5. The molecular weight excluding hydrogens is 343 g/mol. The Balaban J connectivity index is 0.00000288. The third-order valence-corrected chi connectivity index (χ3v) is 3.61. The maximum atomic E-state index is 12.5. The van der Waals surface area contributed by atoms with E-state index in [1.54, 1.807) is 0 Å². The van der Waals surface area contributed by atoms with Crippen LogP contribution in [0.15, 0.2) is 34.3 Å². The molecule has 4 N–H and O–H groups in total. The zero-order valence-electron chi connectivity index (χ0n) is 13.1. The Kier molecular flexibility index (Phi) is 7.34. The Morgan fingerprint density at radius 2 is 1.62 bits per heavy atom. The van der Waals surface area contributed by atoms with Crippen LogP contribution in [0.3, 0.4) is 0 Å². The van der Waals surface area contributed by atoms with Gasteiger partial charge in [0.25, 0.3) is 0 Å². The zero-order chi connectivity index (χ0) is 16.9. The second-order valence-electron chi connectivity index (χ2n) is 5.39. The standard InChI is InChI=1S/C15H20F3N5.ClH/c16-15(17,18)12-6-4-11(5-7-12)10-21-13(19)22-14(20)23-8-2-1-3-9-23;/h4-7H,1-3,8-10H2,(H4,19,20,21,22);1H. The molecule has 1 fully saturated rings. The lowest BCUT2D eigenvalue weighted by Gasteiger charge is -2.27. The highest BCUT2D eigenvalue weighted by Crippen LogP contribution is 2.29. The maximum absolute atomic E-state index is 12.5. The third kappa shape index (κ3) is 5.92. The third-order valence-electron chi connectivity index (χ3n) is 3.61. The molecule has 1 aromatic carbocycles. The molecule has 1 heterocycles. The van der Waals surface area contributed by atoms with Crippen molar-refractivity contribution in [2.24, 2.45) is 21.5 Å². The lowest BCUT2D eigenvalue weighted by Crippen LogP contribution is -2.41. The molecule has 134 valence electrons. The molecule has 0 atom stereocenters. The second kappa shape index (κ2) is 8.77. The number of benzene rings is 1. The largest absolute Gasteiger partial charge is 0.416 e. The van der Waals surface area contributed by atoms with Crippen molar-refractivity contribution in [2.45, 2.75) is 32.0 Å². The van der Waals surface area contributed by atoms with E-state index in [2.05, 4.69) is 9.98 Å². The molecule has 0 bridgehead atoms. The fourth-order valence-electron chi connectivity index (χ4n) is 2.32. The van der Waals surface area contributed by atoms with Gasteiger partial charge in [0.05, 0.1) is 12.1 Å². The van der Waals surface area contributed by atoms with Crippen LogP contribution >= 0.6 is 12.4 Å². The summed E-state index contributed by atoms with van der Waals surface area (Å²) >= 11 is 0. The number of nitrogens with zero attached hydrogens (tertiary/aromatic N) is 3. The topological polar surface area (TPSA) is 80.0 Å². The van der Waals surface area contributed by atoms with Crippen LogP contribution in [0.2, 0.25) is 0 Å². The zero-order valence-corrected chi connectivity index (χ0v) is 13.9. The molecule has 5 nitrogen and oxygen atoms in total. The molecule has 0 amide bonds. The number of hydrogen-bond acceptors (Lipinski definition) is 1. The summed E-state index contributed by atoms with van der Waals surface area (Å²) in [4.78, 5) is 10.0. The Hall–Kier alpha value is -1.96. The van der Waals surface area contributed by atoms with E-state index < -0.39 is 11.7 Å². The van der Waals surface area contributed by atoms with Crippen LogP contribution in [0.5, 0.6) is 0 Å². The molecule has 9 heteroatoms. The van der Waals surface area contributed by atoms with Crippen molar-refractivity contribution in [3.05, 3.63) is 35.4 Å². The quantitative estimate of drug-likeness (QED) is 0.626. The molecule has 0 radical (unpaired) electrons. The van der Waals surface area contributed by atoms with Gasteiger partial charge in [-0.25, -0.2) is 4.99 Å². The summed E-state index contributed by atoms with van der Waals surface area (Å²) in [7, 11) is 0. The number of hydrogen-bond donors (Lipinski definition) is 2. The fraction of sp³-hybridized carbons (Fsp3) is 0.467. The molecule has 0 aliphatic carbocycles. The highest BCUT2D eigenvalue weighted by Gasteiger charge is 2.29. The summed E-state index contributed by atoms with van der Waals surface area (Å²) < 4.78 is 37.4. The van der Waals surface area contributed by atoms with Gasteiger partial charge in [0.1, 0.15) is 0 Å². The van der Waals surface area contributed by atoms with Gasteiger partial charge in [0, 0.05) is 13.1 Å². The van der Waals surface area contributed by atoms with E-state index in [0.717, 1.165) is 38.1 Å². The van der Waals surface area contributed by atoms with Gasteiger partial charge in [-0.05, 0) is 37.0 Å². The molecule has 1 aromatic rings. The first-order valence-corrected chi connectivity index (χ1v) is 7.41. The van der Waals surface area contributed by atoms with Crippen LogP contribution in [-0.4, -0.2) is 29.9 Å². The molecule has 0 aromatic heterocycles. The Labute approximate surface area is 145 Å². The molecule has 1 saturated heterocycles. The van der Waals surface area contributed by atoms with Gasteiger partial charge in [0.15, 0.2) is 5.96 Å². The van der Waals surface area contributed by atoms with E-state index in [1.165, 1.54) is 18.6 Å². The fourth-order valence-corrected chi connectivity index (χ4v) is 2.32. The maximum Gasteiger partial charge on any atom is 0.416 e. The number of piperidine rings is 1. The number of guanidine groups is 2. The summed E-state index contributed by atoms with van der Waals surface area (Å²) in [6, 6.07) is 4.79. The molecule has 2 rings (SSSR count). The van der Waals surface area contributed by atoms with E-state index in [4.69, 9.17) is 11.5 Å². The van der Waals surface area contributed by atoms with Crippen LogP contribution in [0.25, 0.3) is 0 Å². The lowest BCUT2D eigenvalue weighted by atomic mass is 10.1. The molecule has 0 saturated carbocycles. The number of alkyl halides is 3. The number of likely N-dealkylation sites (tertiary alicyclic amines) is 1. The van der Waals surface area contributed by atoms with Gasteiger partial charge in [-0.15, -0.1) is 12.4 Å². The van der Waals surface area contributed by atoms with E-state index >= 15 is 0 Å². The number of nitrogens with two attached hydrogens (primary N) is 2. The van der Waals surface area contributed by atoms with Gasteiger partial charge >= 0.3 is 6.18 Å². The number of aliphatic imine (C=N–C) groups is 2. The van der Waals surface area contributed by atoms with Crippen LogP contribution < -0.4 is 11.5 Å². The minimum atomic E-state index is -4.34. The minimum absolute atomic E-state index is 0. The Morgan fingerprint density at radius 1 is 1.04 bits per heavy atom. The first-order valence-electron chi connectivity index (χ1n) is 7.41. The first-order chi connectivity index (χ1) is 10.9. The van der Waals surface area contributed by atoms with E-state index in [9.17, 15) is 13.2 Å². The number of rotatable bonds is 2. The van der Waals surface area contributed by atoms with E-state index in [0.29, 0.717) is 11.5 Å². The molecule has 0 spiro atoms. The normalized spacial score (nSPS) is 16.7. The predicted molar refractivity (Wildman–Crippen MR) is 91.1 cm³/mol. The van der Waals surface area contributed by atoms with Gasteiger partial charge in [-0.2, -0.15) is 18.2 Å². The van der Waals surface area contributed by atoms with Crippen LogP contribution in [0.4, 0.5) is 13.2 Å². The van der Waals surface area contributed by atoms with E-state index in [-0.39, 0.29) is 24.9 Å². The molecular formula is C15H21ClF3N5. The average Bonchev–Trinajstić information content (AvgIpc) is 2.53. The minimum Gasteiger partial charge on any atom is -0.369 e. The molecule has 24 heavy (non-hydrogen) atoms. The molecule has 1 aliphatic rings. The van der Waals surface area contributed by atoms with Gasteiger partial charge in [0.2, 0.25) is 5.96 Å². The van der Waals surface area contributed by atoms with Crippen molar-refractivity contribution >= 4 is 24.3 Å². The summed E-state index contributed by atoms with van der Waals surface area (Å²) in [5.74, 6) is 0.353. The highest BCUT2D eigenvalue weighted by atomic mass is 35.5. The van der Waals surface area contributed by atoms with Gasteiger partial charge in [-0.1, -0.05) is 12.1 Å². The summed E-state index contributed by atoms with van der Waals surface area (Å²) in [6.45, 7) is 1.85. The predicted octanol–water partition coefficient (Wildman–Crippen LogP) is 2.74. The monoisotopic (exact) mass is 363 g/mol. The Bertz CT molecular complexity index is 578. The van der Waals surface area contributed by atoms with E-state index in [1.807, 2.05) is 4.90 Å². The average molecular weight is 364 g/mol. The second-order valence-corrected chi connectivity index (χ2v) is 5.39. The lowest BCUT2D eigenvalue weighted by molar-refractivity contribution is -0.137. The smallest absolute Gasteiger partial charge is 0.369 e. The Morgan fingerprint density at radius 3 is 2.17 bits per heavy atom. The summed E-state index contributed by atoms with van der Waals surface area (Å²) in [5, 5.41) is 0. The molecule has 0 unspecified atom stereocenters. The van der Waals surface area contributed by atoms with Crippen LogP contribution in [0.1, 0.15) is 30.4 Å². The first kappa shape index (κ1) is 20.1. The van der Waals surface area contributed by atoms with Crippen molar-refractivity contribution < 1.29 is 13.2 Å². The van der Waals surface area contributed by atoms with Crippen LogP contribution in [0, 0.1) is 0 Å². The van der Waals surface area contributed by atoms with Crippen molar-refractivity contribution in [2.75, 3.05) is 13.1 Å². The van der Waals surface area contributed by atoms with Crippen molar-refractivity contribution in [3.63, 3.8) is 0 Å². The highest BCUT2D eigenvalue weighted by molar-refractivity contribution is 5.93. The summed E-state index contributed by atoms with van der Waals surface area (Å²) in [6.07, 6.45) is -1.02. The van der Waals surface area contributed by atoms with Crippen molar-refractivity contribution in [1.29, 1.82) is 0 Å².